The highest BCUT2D eigenvalue weighted by molar-refractivity contribution is 9.08. The second kappa shape index (κ2) is 3.15. The summed E-state index contributed by atoms with van der Waals surface area (Å²) in [5, 5.41) is 0.924. The molecule has 0 fully saturated rings. The predicted molar refractivity (Wildman–Crippen MR) is 46.3 cm³/mol. The minimum absolute atomic E-state index is 0.924. The van der Waals surface area contributed by atoms with Crippen molar-refractivity contribution in [2.45, 2.75) is 19.2 Å². The number of rotatable bonds is 1. The average molecular weight is 200 g/mol. The van der Waals surface area contributed by atoms with E-state index in [1.807, 2.05) is 12.4 Å². The topological polar surface area (TPSA) is 12.9 Å². The monoisotopic (exact) mass is 199 g/mol. The lowest BCUT2D eigenvalue weighted by molar-refractivity contribution is 1.15. The summed E-state index contributed by atoms with van der Waals surface area (Å²) in [7, 11) is 0. The lowest BCUT2D eigenvalue weighted by Gasteiger charge is -2.03. The highest BCUT2D eigenvalue weighted by atomic mass is 79.9. The fourth-order valence-corrected chi connectivity index (χ4v) is 1.82. The third-order valence-electron chi connectivity index (χ3n) is 1.62. The van der Waals surface area contributed by atoms with Gasteiger partial charge in [-0.1, -0.05) is 15.9 Å². The molecule has 0 saturated heterocycles. The predicted octanol–water partition coefficient (Wildman–Crippen LogP) is 2.59. The van der Waals surface area contributed by atoms with Gasteiger partial charge in [0.1, 0.15) is 0 Å². The minimum Gasteiger partial charge on any atom is -0.264 e. The van der Waals surface area contributed by atoms with Gasteiger partial charge in [0.25, 0.3) is 0 Å². The number of nitrogens with zero attached hydrogens (tertiary/aromatic N) is 1. The summed E-state index contributed by atoms with van der Waals surface area (Å²) in [5.74, 6) is 0. The zero-order chi connectivity index (χ0) is 7.56. The molecule has 1 aromatic heterocycles. The molecule has 0 saturated carbocycles. The van der Waals surface area contributed by atoms with E-state index in [0.29, 0.717) is 0 Å². The molecule has 1 rings (SSSR count). The Morgan fingerprint density at radius 1 is 1.30 bits per heavy atom. The van der Waals surface area contributed by atoms with Crippen molar-refractivity contribution >= 4 is 15.9 Å². The van der Waals surface area contributed by atoms with Crippen molar-refractivity contribution in [3.63, 3.8) is 0 Å². The van der Waals surface area contributed by atoms with E-state index in [-0.39, 0.29) is 0 Å². The number of aromatic nitrogens is 1. The zero-order valence-electron chi connectivity index (χ0n) is 6.19. The standard InChI is InChI=1S/C8H10BrN/c1-6-4-10-5-7(2)8(6)3-9/h4-5H,3H2,1-2H3. The number of aryl methyl sites for hydroxylation is 2. The van der Waals surface area contributed by atoms with Crippen molar-refractivity contribution < 1.29 is 0 Å². The Morgan fingerprint density at radius 2 is 1.80 bits per heavy atom. The van der Waals surface area contributed by atoms with Crippen LogP contribution in [0.2, 0.25) is 0 Å². The smallest absolute Gasteiger partial charge is 0.0300 e. The summed E-state index contributed by atoms with van der Waals surface area (Å²) in [5.41, 5.74) is 3.88. The second-order valence-electron chi connectivity index (χ2n) is 2.39. The summed E-state index contributed by atoms with van der Waals surface area (Å²) in [6.45, 7) is 4.16. The van der Waals surface area contributed by atoms with Crippen LogP contribution in [0.1, 0.15) is 16.7 Å². The molecule has 0 N–H and O–H groups in total. The van der Waals surface area contributed by atoms with Crippen LogP contribution in [0.25, 0.3) is 0 Å². The van der Waals surface area contributed by atoms with Crippen molar-refractivity contribution in [3.05, 3.63) is 29.1 Å². The summed E-state index contributed by atoms with van der Waals surface area (Å²) >= 11 is 3.43. The summed E-state index contributed by atoms with van der Waals surface area (Å²) in [4.78, 5) is 4.07. The molecule has 1 nitrogen and oxygen atoms in total. The molecular weight excluding hydrogens is 190 g/mol. The van der Waals surface area contributed by atoms with Crippen molar-refractivity contribution in [1.82, 2.24) is 4.98 Å². The Morgan fingerprint density at radius 3 is 2.10 bits per heavy atom. The maximum Gasteiger partial charge on any atom is 0.0300 e. The fraction of sp³-hybridized carbons (Fsp3) is 0.375. The quantitative estimate of drug-likeness (QED) is 0.635. The summed E-state index contributed by atoms with van der Waals surface area (Å²) < 4.78 is 0. The third-order valence-corrected chi connectivity index (χ3v) is 2.18. The highest BCUT2D eigenvalue weighted by Gasteiger charge is 1.98. The van der Waals surface area contributed by atoms with Crippen LogP contribution in [-0.2, 0) is 5.33 Å². The molecule has 0 spiro atoms. The van der Waals surface area contributed by atoms with Crippen LogP contribution in [0, 0.1) is 13.8 Å². The molecule has 1 aromatic rings. The first-order chi connectivity index (χ1) is 4.75. The second-order valence-corrected chi connectivity index (χ2v) is 2.95. The first kappa shape index (κ1) is 7.73. The van der Waals surface area contributed by atoms with E-state index in [0.717, 1.165) is 5.33 Å². The maximum absolute atomic E-state index is 4.07. The van der Waals surface area contributed by atoms with E-state index >= 15 is 0 Å². The van der Waals surface area contributed by atoms with Gasteiger partial charge < -0.3 is 0 Å². The lowest BCUT2D eigenvalue weighted by atomic mass is 10.1. The Kier molecular flexibility index (Phi) is 2.44. The van der Waals surface area contributed by atoms with Gasteiger partial charge in [0.15, 0.2) is 0 Å². The van der Waals surface area contributed by atoms with Gasteiger partial charge in [0.05, 0.1) is 0 Å². The van der Waals surface area contributed by atoms with Gasteiger partial charge in [0, 0.05) is 17.7 Å². The largest absolute Gasteiger partial charge is 0.264 e. The summed E-state index contributed by atoms with van der Waals surface area (Å²) in [6, 6.07) is 0. The Bertz CT molecular complexity index is 212. The van der Waals surface area contributed by atoms with Crippen LogP contribution in [0.15, 0.2) is 12.4 Å². The number of hydrogen-bond acceptors (Lipinski definition) is 1. The molecule has 0 bridgehead atoms. The fourth-order valence-electron chi connectivity index (χ4n) is 0.938. The van der Waals surface area contributed by atoms with Gasteiger partial charge >= 0.3 is 0 Å². The van der Waals surface area contributed by atoms with Gasteiger partial charge in [0.2, 0.25) is 0 Å². The van der Waals surface area contributed by atoms with Crippen LogP contribution in [0.5, 0.6) is 0 Å². The molecule has 0 aliphatic carbocycles. The van der Waals surface area contributed by atoms with Crippen molar-refractivity contribution in [2.75, 3.05) is 0 Å². The number of hydrogen-bond donors (Lipinski definition) is 0. The lowest BCUT2D eigenvalue weighted by Crippen LogP contribution is -1.90. The van der Waals surface area contributed by atoms with E-state index in [1.165, 1.54) is 16.7 Å². The first-order valence-electron chi connectivity index (χ1n) is 3.21. The molecule has 0 amide bonds. The molecule has 10 heavy (non-hydrogen) atoms. The van der Waals surface area contributed by atoms with Gasteiger partial charge in [-0.05, 0) is 30.5 Å². The zero-order valence-corrected chi connectivity index (χ0v) is 7.77. The van der Waals surface area contributed by atoms with E-state index < -0.39 is 0 Å². The number of alkyl halides is 1. The van der Waals surface area contributed by atoms with Crippen LogP contribution < -0.4 is 0 Å². The number of pyridine rings is 1. The molecule has 0 aromatic carbocycles. The molecule has 0 aliphatic rings. The third kappa shape index (κ3) is 1.37. The Balaban J connectivity index is 3.17. The van der Waals surface area contributed by atoms with E-state index in [2.05, 4.69) is 34.8 Å². The Hall–Kier alpha value is -0.370. The molecule has 0 radical (unpaired) electrons. The van der Waals surface area contributed by atoms with Crippen molar-refractivity contribution in [3.8, 4) is 0 Å². The van der Waals surface area contributed by atoms with Gasteiger partial charge in [-0.3, -0.25) is 4.98 Å². The highest BCUT2D eigenvalue weighted by Crippen LogP contribution is 2.14. The molecular formula is C8H10BrN. The Labute approximate surface area is 69.6 Å². The molecule has 0 atom stereocenters. The van der Waals surface area contributed by atoms with Gasteiger partial charge in [-0.15, -0.1) is 0 Å². The van der Waals surface area contributed by atoms with Crippen molar-refractivity contribution in [2.24, 2.45) is 0 Å². The number of halogens is 1. The van der Waals surface area contributed by atoms with Crippen LogP contribution in [0.4, 0.5) is 0 Å². The summed E-state index contributed by atoms with van der Waals surface area (Å²) in [6.07, 6.45) is 3.78. The normalized spacial score (nSPS) is 9.90. The van der Waals surface area contributed by atoms with Crippen molar-refractivity contribution in [1.29, 1.82) is 0 Å². The maximum atomic E-state index is 4.07. The molecule has 2 heteroatoms. The van der Waals surface area contributed by atoms with E-state index in [1.54, 1.807) is 0 Å². The minimum atomic E-state index is 0.924. The van der Waals surface area contributed by atoms with Gasteiger partial charge in [-0.25, -0.2) is 0 Å². The molecule has 0 unspecified atom stereocenters. The van der Waals surface area contributed by atoms with Crippen LogP contribution in [0.3, 0.4) is 0 Å². The molecule has 54 valence electrons. The SMILES string of the molecule is Cc1cncc(C)c1CBr. The average Bonchev–Trinajstić information content (AvgIpc) is 1.88. The van der Waals surface area contributed by atoms with E-state index in [9.17, 15) is 0 Å². The molecule has 1 heterocycles. The van der Waals surface area contributed by atoms with Gasteiger partial charge in [-0.2, -0.15) is 0 Å². The van der Waals surface area contributed by atoms with Crippen LogP contribution in [-0.4, -0.2) is 4.98 Å². The van der Waals surface area contributed by atoms with Crippen LogP contribution >= 0.6 is 15.9 Å². The van der Waals surface area contributed by atoms with E-state index in [4.69, 9.17) is 0 Å². The molecule has 0 aliphatic heterocycles. The first-order valence-corrected chi connectivity index (χ1v) is 4.34.